The van der Waals surface area contributed by atoms with E-state index in [0.717, 1.165) is 33.3 Å². The van der Waals surface area contributed by atoms with Gasteiger partial charge in [0.15, 0.2) is 0 Å². The predicted octanol–water partition coefficient (Wildman–Crippen LogP) is 3.51. The molecule has 0 aliphatic heterocycles. The van der Waals surface area contributed by atoms with Crippen molar-refractivity contribution >= 4 is 21.8 Å². The first-order valence-electron chi connectivity index (χ1n) is 6.29. The van der Waals surface area contributed by atoms with Gasteiger partial charge in [-0.2, -0.15) is 0 Å². The van der Waals surface area contributed by atoms with E-state index < -0.39 is 0 Å². The van der Waals surface area contributed by atoms with Crippen LogP contribution in [0, 0.1) is 0 Å². The minimum absolute atomic E-state index is 0.123. The maximum Gasteiger partial charge on any atom is 0.143 e. The number of nitrogens with zero attached hydrogens (tertiary/aromatic N) is 1. The molecule has 98 valence electrons. The molecule has 4 nitrogen and oxygen atoms in total. The van der Waals surface area contributed by atoms with Crippen molar-refractivity contribution in [2.75, 3.05) is 7.11 Å². The Morgan fingerprint density at radius 1 is 1.16 bits per heavy atom. The molecule has 0 atom stereocenters. The average Bonchev–Trinajstić information content (AvgIpc) is 2.78. The topological polar surface area (TPSA) is 47.1 Å². The maximum atomic E-state index is 5.89. The molecule has 0 spiro atoms. The highest BCUT2D eigenvalue weighted by atomic mass is 16.5. The Bertz CT molecular complexity index is 731. The van der Waals surface area contributed by atoms with Crippen LogP contribution in [0.15, 0.2) is 30.6 Å². The van der Waals surface area contributed by atoms with Gasteiger partial charge in [-0.05, 0) is 32.0 Å². The van der Waals surface area contributed by atoms with Crippen LogP contribution in [0.5, 0.6) is 11.5 Å². The number of methoxy groups -OCH3 is 1. The van der Waals surface area contributed by atoms with Gasteiger partial charge in [-0.1, -0.05) is 0 Å². The van der Waals surface area contributed by atoms with Crippen LogP contribution in [-0.2, 0) is 0 Å². The third-order valence-corrected chi connectivity index (χ3v) is 3.06. The van der Waals surface area contributed by atoms with Crippen LogP contribution in [0.25, 0.3) is 21.8 Å². The number of rotatable bonds is 3. The van der Waals surface area contributed by atoms with Crippen LogP contribution in [0.2, 0.25) is 0 Å². The van der Waals surface area contributed by atoms with Crippen molar-refractivity contribution in [3.8, 4) is 11.5 Å². The molecule has 3 rings (SSSR count). The van der Waals surface area contributed by atoms with E-state index in [1.807, 2.05) is 38.2 Å². The highest BCUT2D eigenvalue weighted by molar-refractivity contribution is 6.12. The zero-order valence-corrected chi connectivity index (χ0v) is 11.2. The van der Waals surface area contributed by atoms with Crippen LogP contribution in [-0.4, -0.2) is 23.2 Å². The zero-order chi connectivity index (χ0) is 13.4. The van der Waals surface area contributed by atoms with Gasteiger partial charge in [0.1, 0.15) is 11.5 Å². The first-order valence-corrected chi connectivity index (χ1v) is 6.29. The number of nitrogens with one attached hydrogen (secondary N) is 1. The summed E-state index contributed by atoms with van der Waals surface area (Å²) in [5.41, 5.74) is 1.98. The van der Waals surface area contributed by atoms with Crippen molar-refractivity contribution in [2.45, 2.75) is 20.0 Å². The number of ether oxygens (including phenoxy) is 2. The second-order valence-corrected chi connectivity index (χ2v) is 4.73. The Hall–Kier alpha value is -2.23. The van der Waals surface area contributed by atoms with E-state index in [-0.39, 0.29) is 6.10 Å². The molecule has 0 bridgehead atoms. The van der Waals surface area contributed by atoms with Gasteiger partial charge in [0.2, 0.25) is 0 Å². The quantitative estimate of drug-likeness (QED) is 0.780. The SMILES string of the molecule is COc1ccc(OC(C)C)c2c1[nH]c1ccncc12. The molecule has 0 saturated heterocycles. The van der Waals surface area contributed by atoms with Crippen LogP contribution in [0.1, 0.15) is 13.8 Å². The lowest BCUT2D eigenvalue weighted by Crippen LogP contribution is -2.05. The molecule has 2 heterocycles. The third kappa shape index (κ3) is 1.89. The summed E-state index contributed by atoms with van der Waals surface area (Å²) in [4.78, 5) is 7.56. The summed E-state index contributed by atoms with van der Waals surface area (Å²) < 4.78 is 11.3. The number of aromatic nitrogens is 2. The number of hydrogen-bond donors (Lipinski definition) is 1. The fourth-order valence-electron chi connectivity index (χ4n) is 2.32. The van der Waals surface area contributed by atoms with Crippen molar-refractivity contribution in [3.63, 3.8) is 0 Å². The van der Waals surface area contributed by atoms with Gasteiger partial charge in [-0.15, -0.1) is 0 Å². The van der Waals surface area contributed by atoms with Crippen molar-refractivity contribution in [2.24, 2.45) is 0 Å². The van der Waals surface area contributed by atoms with E-state index in [1.54, 1.807) is 13.3 Å². The number of hydrogen-bond acceptors (Lipinski definition) is 3. The van der Waals surface area contributed by atoms with Gasteiger partial charge < -0.3 is 14.5 Å². The van der Waals surface area contributed by atoms with Gasteiger partial charge in [-0.25, -0.2) is 0 Å². The molecule has 0 saturated carbocycles. The molecule has 19 heavy (non-hydrogen) atoms. The Morgan fingerprint density at radius 3 is 2.68 bits per heavy atom. The van der Waals surface area contributed by atoms with E-state index in [9.17, 15) is 0 Å². The second-order valence-electron chi connectivity index (χ2n) is 4.73. The Kier molecular flexibility index (Phi) is 2.78. The molecule has 1 N–H and O–H groups in total. The van der Waals surface area contributed by atoms with E-state index in [2.05, 4.69) is 9.97 Å². The summed E-state index contributed by atoms with van der Waals surface area (Å²) >= 11 is 0. The van der Waals surface area contributed by atoms with Gasteiger partial charge >= 0.3 is 0 Å². The highest BCUT2D eigenvalue weighted by Gasteiger charge is 2.14. The monoisotopic (exact) mass is 256 g/mol. The molecule has 3 aromatic rings. The summed E-state index contributed by atoms with van der Waals surface area (Å²) in [6.45, 7) is 4.03. The number of aromatic amines is 1. The summed E-state index contributed by atoms with van der Waals surface area (Å²) in [5, 5.41) is 2.07. The molecule has 2 aromatic heterocycles. The lowest BCUT2D eigenvalue weighted by molar-refractivity contribution is 0.245. The van der Waals surface area contributed by atoms with Crippen molar-refractivity contribution in [1.82, 2.24) is 9.97 Å². The lowest BCUT2D eigenvalue weighted by Gasteiger charge is -2.12. The van der Waals surface area contributed by atoms with E-state index in [1.165, 1.54) is 0 Å². The predicted molar refractivity (Wildman–Crippen MR) is 75.9 cm³/mol. The summed E-state index contributed by atoms with van der Waals surface area (Å²) in [6.07, 6.45) is 3.74. The number of benzene rings is 1. The van der Waals surface area contributed by atoms with Gasteiger partial charge in [0.25, 0.3) is 0 Å². The number of pyridine rings is 1. The smallest absolute Gasteiger partial charge is 0.143 e. The van der Waals surface area contributed by atoms with Gasteiger partial charge in [0.05, 0.1) is 24.1 Å². The molecule has 1 aromatic carbocycles. The van der Waals surface area contributed by atoms with Crippen LogP contribution >= 0.6 is 0 Å². The molecule has 0 amide bonds. The van der Waals surface area contributed by atoms with E-state index in [4.69, 9.17) is 9.47 Å². The second kappa shape index (κ2) is 4.46. The molecular weight excluding hydrogens is 240 g/mol. The third-order valence-electron chi connectivity index (χ3n) is 3.06. The zero-order valence-electron chi connectivity index (χ0n) is 11.2. The minimum Gasteiger partial charge on any atom is -0.495 e. The Morgan fingerprint density at radius 2 is 1.95 bits per heavy atom. The molecule has 0 radical (unpaired) electrons. The Labute approximate surface area is 111 Å². The van der Waals surface area contributed by atoms with Crippen LogP contribution in [0.4, 0.5) is 0 Å². The number of fused-ring (bicyclic) bond motifs is 3. The summed E-state index contributed by atoms with van der Waals surface area (Å²) in [5.74, 6) is 1.66. The largest absolute Gasteiger partial charge is 0.495 e. The van der Waals surface area contributed by atoms with Crippen LogP contribution < -0.4 is 9.47 Å². The van der Waals surface area contributed by atoms with Crippen molar-refractivity contribution in [3.05, 3.63) is 30.6 Å². The summed E-state index contributed by atoms with van der Waals surface area (Å²) in [6, 6.07) is 5.82. The normalized spacial score (nSPS) is 11.4. The highest BCUT2D eigenvalue weighted by Crippen LogP contribution is 2.38. The summed E-state index contributed by atoms with van der Waals surface area (Å²) in [7, 11) is 1.67. The average molecular weight is 256 g/mol. The fourth-order valence-corrected chi connectivity index (χ4v) is 2.32. The van der Waals surface area contributed by atoms with Crippen molar-refractivity contribution in [1.29, 1.82) is 0 Å². The molecular formula is C15H16N2O2. The molecule has 0 aliphatic rings. The van der Waals surface area contributed by atoms with Gasteiger partial charge in [0, 0.05) is 23.3 Å². The fraction of sp³-hybridized carbons (Fsp3) is 0.267. The minimum atomic E-state index is 0.123. The maximum absolute atomic E-state index is 5.89. The molecule has 0 unspecified atom stereocenters. The molecule has 0 fully saturated rings. The first kappa shape index (κ1) is 11.8. The van der Waals surface area contributed by atoms with E-state index >= 15 is 0 Å². The Balaban J connectivity index is 2.38. The standard InChI is InChI=1S/C15H16N2O2/c1-9(2)19-12-4-5-13(18-3)15-14(12)10-8-16-7-6-11(10)17-15/h4-9,17H,1-3H3. The molecule has 0 aliphatic carbocycles. The number of H-pyrrole nitrogens is 1. The lowest BCUT2D eigenvalue weighted by atomic mass is 10.1. The first-order chi connectivity index (χ1) is 9.20. The molecule has 4 heteroatoms. The van der Waals surface area contributed by atoms with Crippen molar-refractivity contribution < 1.29 is 9.47 Å². The van der Waals surface area contributed by atoms with Gasteiger partial charge in [-0.3, -0.25) is 4.98 Å². The van der Waals surface area contributed by atoms with E-state index in [0.29, 0.717) is 0 Å². The van der Waals surface area contributed by atoms with Crippen LogP contribution in [0.3, 0.4) is 0 Å².